The number of ether oxygens (including phenoxy) is 3. The van der Waals surface area contributed by atoms with E-state index in [1.54, 1.807) is 6.07 Å². The van der Waals surface area contributed by atoms with Gasteiger partial charge in [-0.15, -0.1) is 0 Å². The molecular formula is C31H39FN6O7S. The summed E-state index contributed by atoms with van der Waals surface area (Å²) < 4.78 is 59.2. The number of aliphatic carboxylic acids is 1. The molecule has 3 fully saturated rings. The average molecular weight is 659 g/mol. The number of benzene rings is 1. The predicted octanol–water partition coefficient (Wildman–Crippen LogP) is 3.53. The first-order chi connectivity index (χ1) is 22.1. The monoisotopic (exact) mass is 658 g/mol. The number of nitrogens with one attached hydrogen (secondary N) is 1. The summed E-state index contributed by atoms with van der Waals surface area (Å²) in [7, 11) is -2.27. The summed E-state index contributed by atoms with van der Waals surface area (Å²) in [6.45, 7) is 3.72. The molecule has 15 heteroatoms. The van der Waals surface area contributed by atoms with Crippen molar-refractivity contribution < 1.29 is 36.9 Å². The van der Waals surface area contributed by atoms with Crippen molar-refractivity contribution in [1.82, 2.24) is 19.9 Å². The molecule has 0 bridgehead atoms. The lowest BCUT2D eigenvalue weighted by molar-refractivity contribution is -0.143. The highest BCUT2D eigenvalue weighted by atomic mass is 32.2. The van der Waals surface area contributed by atoms with Crippen molar-refractivity contribution in [2.24, 2.45) is 5.92 Å². The second-order valence-corrected chi connectivity index (χ2v) is 13.9. The number of fused-ring (bicyclic) bond motifs is 1. The van der Waals surface area contributed by atoms with Gasteiger partial charge in [0.15, 0.2) is 0 Å². The molecule has 0 spiro atoms. The maximum Gasteiger partial charge on any atom is 0.306 e. The molecule has 13 nitrogen and oxygen atoms in total. The number of aromatic nitrogens is 3. The minimum Gasteiger partial charge on any atom is -0.488 e. The lowest BCUT2D eigenvalue weighted by atomic mass is 9.89. The quantitative estimate of drug-likeness (QED) is 0.345. The molecule has 6 rings (SSSR count). The lowest BCUT2D eigenvalue weighted by Gasteiger charge is -2.40. The Morgan fingerprint density at radius 2 is 1.76 bits per heavy atom. The summed E-state index contributed by atoms with van der Waals surface area (Å²) in [6, 6.07) is 4.64. The van der Waals surface area contributed by atoms with E-state index in [0.29, 0.717) is 79.0 Å². The van der Waals surface area contributed by atoms with Gasteiger partial charge < -0.3 is 29.1 Å². The number of hydrogen-bond donors (Lipinski definition) is 2. The predicted molar refractivity (Wildman–Crippen MR) is 169 cm³/mol. The van der Waals surface area contributed by atoms with Gasteiger partial charge in [0.25, 0.3) is 0 Å². The highest BCUT2D eigenvalue weighted by Gasteiger charge is 2.32. The minimum atomic E-state index is -3.66. The van der Waals surface area contributed by atoms with Crippen LogP contribution in [-0.4, -0.2) is 104 Å². The Morgan fingerprint density at radius 1 is 1.04 bits per heavy atom. The minimum absolute atomic E-state index is 0.0815. The van der Waals surface area contributed by atoms with Crippen LogP contribution >= 0.6 is 0 Å². The van der Waals surface area contributed by atoms with E-state index in [2.05, 4.69) is 14.6 Å². The Bertz CT molecular complexity index is 1690. The van der Waals surface area contributed by atoms with Gasteiger partial charge in [0.05, 0.1) is 44.3 Å². The molecule has 2 saturated heterocycles. The summed E-state index contributed by atoms with van der Waals surface area (Å²) >= 11 is 0. The Morgan fingerprint density at radius 3 is 2.41 bits per heavy atom. The normalized spacial score (nSPS) is 21.7. The summed E-state index contributed by atoms with van der Waals surface area (Å²) in [5, 5.41) is 9.74. The molecule has 0 amide bonds. The first-order valence-corrected chi connectivity index (χ1v) is 17.5. The maximum atomic E-state index is 15.3. The Kier molecular flexibility index (Phi) is 9.43. The summed E-state index contributed by atoms with van der Waals surface area (Å²) in [6.07, 6.45) is 7.10. The van der Waals surface area contributed by atoms with Crippen LogP contribution in [0.3, 0.4) is 0 Å². The Hall–Kier alpha value is -3.82. The largest absolute Gasteiger partial charge is 0.488 e. The molecule has 0 unspecified atom stereocenters. The number of anilines is 2. The SMILES string of the molecule is COc1ncc(-c2nc(N3CCOCC3)nc3c(O[C@H]4CC[C@H](N5CCC(C(=O)O)CC5)CC4)cc(F)cc23)cc1NS(C)(=O)=O. The third-order valence-corrected chi connectivity index (χ3v) is 9.55. The Labute approximate surface area is 267 Å². The standard InChI is InChI=1S/C31H39FN6O7S/c1-43-29-25(36-46(2,41)42)15-20(18-33-29)27-24-16-21(32)17-26(28(24)35-31(34-27)38-11-13-44-14-12-38)45-23-5-3-22(4-6-23)37-9-7-19(8-10-37)30(39)40/h15-19,22-23,36H,3-14H2,1-2H3,(H,39,40)/t22-,23-. The number of pyridine rings is 1. The van der Waals surface area contributed by atoms with Crippen LogP contribution < -0.4 is 19.1 Å². The van der Waals surface area contributed by atoms with Crippen molar-refractivity contribution in [1.29, 1.82) is 0 Å². The molecular weight excluding hydrogens is 619 g/mol. The van der Waals surface area contributed by atoms with Gasteiger partial charge >= 0.3 is 5.97 Å². The molecule has 2 aliphatic heterocycles. The third-order valence-electron chi connectivity index (χ3n) is 8.96. The number of carbonyl (C=O) groups is 1. The van der Waals surface area contributed by atoms with Gasteiger partial charge in [-0.25, -0.2) is 27.8 Å². The van der Waals surface area contributed by atoms with E-state index in [1.807, 2.05) is 4.90 Å². The molecule has 2 N–H and O–H groups in total. The van der Waals surface area contributed by atoms with E-state index in [0.717, 1.165) is 45.0 Å². The molecule has 1 aliphatic carbocycles. The zero-order chi connectivity index (χ0) is 32.4. The number of sulfonamides is 1. The third kappa shape index (κ3) is 7.26. The second-order valence-electron chi connectivity index (χ2n) is 12.1. The number of halogens is 1. The van der Waals surface area contributed by atoms with Crippen LogP contribution in [0.2, 0.25) is 0 Å². The average Bonchev–Trinajstić information content (AvgIpc) is 3.04. The number of hydrogen-bond acceptors (Lipinski definition) is 11. The van der Waals surface area contributed by atoms with Crippen LogP contribution in [0, 0.1) is 11.7 Å². The molecule has 4 heterocycles. The van der Waals surface area contributed by atoms with E-state index >= 15 is 4.39 Å². The van der Waals surface area contributed by atoms with Crippen molar-refractivity contribution in [2.45, 2.75) is 50.7 Å². The summed E-state index contributed by atoms with van der Waals surface area (Å²) in [4.78, 5) is 29.8. The number of morpholine rings is 1. The zero-order valence-electron chi connectivity index (χ0n) is 25.9. The smallest absolute Gasteiger partial charge is 0.306 e. The molecule has 3 aliphatic rings. The van der Waals surface area contributed by atoms with E-state index < -0.39 is 21.8 Å². The maximum absolute atomic E-state index is 15.3. The molecule has 1 aromatic carbocycles. The van der Waals surface area contributed by atoms with Crippen LogP contribution in [-0.2, 0) is 19.6 Å². The van der Waals surface area contributed by atoms with Crippen LogP contribution in [0.5, 0.6) is 11.6 Å². The number of carboxylic acids is 1. The van der Waals surface area contributed by atoms with Gasteiger partial charge in [0.2, 0.25) is 21.9 Å². The molecule has 0 atom stereocenters. The van der Waals surface area contributed by atoms with Crippen molar-refractivity contribution in [3.05, 3.63) is 30.2 Å². The fraction of sp³-hybridized carbons (Fsp3) is 0.548. The van der Waals surface area contributed by atoms with Gasteiger partial charge in [-0.2, -0.15) is 0 Å². The topological polar surface area (TPSA) is 156 Å². The number of nitrogens with zero attached hydrogens (tertiary/aromatic N) is 5. The van der Waals surface area contributed by atoms with Gasteiger partial charge in [-0.05, 0) is 63.7 Å². The fourth-order valence-corrected chi connectivity index (χ4v) is 7.15. The number of rotatable bonds is 9. The number of likely N-dealkylation sites (tertiary alicyclic amines) is 1. The van der Waals surface area contributed by atoms with Crippen molar-refractivity contribution >= 4 is 38.5 Å². The van der Waals surface area contributed by atoms with Crippen LogP contribution in [0.25, 0.3) is 22.2 Å². The second kappa shape index (κ2) is 13.5. The number of piperidine rings is 1. The summed E-state index contributed by atoms with van der Waals surface area (Å²) in [5.74, 6) is -0.672. The molecule has 2 aromatic heterocycles. The first-order valence-electron chi connectivity index (χ1n) is 15.6. The molecule has 46 heavy (non-hydrogen) atoms. The van der Waals surface area contributed by atoms with Crippen LogP contribution in [0.4, 0.5) is 16.0 Å². The highest BCUT2D eigenvalue weighted by Crippen LogP contribution is 2.38. The number of methoxy groups -OCH3 is 1. The van der Waals surface area contributed by atoms with Gasteiger partial charge in [0.1, 0.15) is 22.8 Å². The lowest BCUT2D eigenvalue weighted by Crippen LogP contribution is -2.45. The van der Waals surface area contributed by atoms with Gasteiger partial charge in [0, 0.05) is 42.3 Å². The summed E-state index contributed by atoms with van der Waals surface area (Å²) in [5.41, 5.74) is 1.38. The zero-order valence-corrected chi connectivity index (χ0v) is 26.8. The van der Waals surface area contributed by atoms with E-state index in [1.165, 1.54) is 25.4 Å². The fourth-order valence-electron chi connectivity index (χ4n) is 6.61. The Balaban J connectivity index is 1.31. The van der Waals surface area contributed by atoms with Gasteiger partial charge in [-0.3, -0.25) is 9.52 Å². The van der Waals surface area contributed by atoms with Crippen LogP contribution in [0.15, 0.2) is 24.4 Å². The van der Waals surface area contributed by atoms with Crippen molar-refractivity contribution in [2.75, 3.05) is 62.4 Å². The van der Waals surface area contributed by atoms with Crippen LogP contribution in [0.1, 0.15) is 38.5 Å². The highest BCUT2D eigenvalue weighted by molar-refractivity contribution is 7.92. The van der Waals surface area contributed by atoms with Gasteiger partial charge in [-0.1, -0.05) is 0 Å². The van der Waals surface area contributed by atoms with E-state index in [9.17, 15) is 18.3 Å². The first kappa shape index (κ1) is 32.1. The molecule has 0 radical (unpaired) electrons. The molecule has 1 saturated carbocycles. The molecule has 248 valence electrons. The van der Waals surface area contributed by atoms with Crippen molar-refractivity contribution in [3.63, 3.8) is 0 Å². The molecule has 3 aromatic rings. The van der Waals surface area contributed by atoms with Crippen molar-refractivity contribution in [3.8, 4) is 22.9 Å². The van der Waals surface area contributed by atoms with E-state index in [4.69, 9.17) is 24.2 Å². The van der Waals surface area contributed by atoms with E-state index in [-0.39, 0.29) is 23.6 Å². The number of carboxylic acid groups (broad SMARTS) is 1.